The van der Waals surface area contributed by atoms with E-state index in [4.69, 9.17) is 0 Å². The molecule has 0 aromatic carbocycles. The monoisotopic (exact) mass is 302 g/mol. The summed E-state index contributed by atoms with van der Waals surface area (Å²) >= 11 is 1.30. The molecule has 0 spiro atoms. The maximum absolute atomic E-state index is 12.6. The molecular weight excluding hydrogens is 288 g/mol. The molecule has 1 aliphatic rings. The molecule has 1 aliphatic heterocycles. The van der Waals surface area contributed by atoms with Crippen LogP contribution in [0.3, 0.4) is 0 Å². The number of nitrogens with one attached hydrogen (secondary N) is 1. The molecule has 3 amide bonds. The van der Waals surface area contributed by atoms with Crippen molar-refractivity contribution in [3.05, 3.63) is 46.7 Å². The number of carbonyl (C=O) groups is 2. The van der Waals surface area contributed by atoms with Crippen molar-refractivity contribution >= 4 is 23.5 Å². The lowest BCUT2D eigenvalue weighted by Gasteiger charge is -2.20. The van der Waals surface area contributed by atoms with E-state index in [1.807, 2.05) is 13.0 Å². The van der Waals surface area contributed by atoms with Crippen LogP contribution in [-0.4, -0.2) is 26.2 Å². The first-order valence-electron chi connectivity index (χ1n) is 6.48. The van der Waals surface area contributed by atoms with Gasteiger partial charge in [0.1, 0.15) is 0 Å². The van der Waals surface area contributed by atoms with Gasteiger partial charge in [-0.25, -0.2) is 4.79 Å². The second kappa shape index (κ2) is 4.92. The van der Waals surface area contributed by atoms with Gasteiger partial charge in [-0.2, -0.15) is 4.37 Å². The third-order valence-corrected chi connectivity index (χ3v) is 4.30. The number of pyridine rings is 1. The number of aryl methyl sites for hydroxylation is 1. The Morgan fingerprint density at radius 1 is 1.38 bits per heavy atom. The number of imide groups is 1. The minimum absolute atomic E-state index is 0.235. The highest BCUT2D eigenvalue weighted by atomic mass is 32.1. The first kappa shape index (κ1) is 13.7. The SMILES string of the molecule is Cc1cc(CN2C(=O)NC(C)(c3ccccn3)C2=O)sn1. The fourth-order valence-corrected chi connectivity index (χ4v) is 3.04. The van der Waals surface area contributed by atoms with E-state index in [-0.39, 0.29) is 12.5 Å². The summed E-state index contributed by atoms with van der Waals surface area (Å²) in [6, 6.07) is 6.77. The lowest BCUT2D eigenvalue weighted by Crippen LogP contribution is -2.41. The average Bonchev–Trinajstić information content (AvgIpc) is 2.98. The molecule has 3 heterocycles. The van der Waals surface area contributed by atoms with E-state index >= 15 is 0 Å². The maximum atomic E-state index is 12.6. The van der Waals surface area contributed by atoms with Crippen molar-refractivity contribution in [2.45, 2.75) is 25.9 Å². The van der Waals surface area contributed by atoms with Gasteiger partial charge in [0.05, 0.1) is 17.9 Å². The molecule has 2 aromatic rings. The summed E-state index contributed by atoms with van der Waals surface area (Å²) in [6.07, 6.45) is 1.61. The van der Waals surface area contributed by atoms with Crippen molar-refractivity contribution in [2.75, 3.05) is 0 Å². The average molecular weight is 302 g/mol. The van der Waals surface area contributed by atoms with E-state index in [0.717, 1.165) is 10.6 Å². The fraction of sp³-hybridized carbons (Fsp3) is 0.286. The molecule has 1 unspecified atom stereocenters. The van der Waals surface area contributed by atoms with Crippen molar-refractivity contribution in [3.8, 4) is 0 Å². The summed E-state index contributed by atoms with van der Waals surface area (Å²) in [7, 11) is 0. The van der Waals surface area contributed by atoms with Crippen LogP contribution in [0.5, 0.6) is 0 Å². The Hall–Kier alpha value is -2.28. The van der Waals surface area contributed by atoms with Crippen LogP contribution in [-0.2, 0) is 16.9 Å². The van der Waals surface area contributed by atoms with Gasteiger partial charge in [-0.1, -0.05) is 6.07 Å². The second-order valence-corrected chi connectivity index (χ2v) is 5.99. The number of carbonyl (C=O) groups excluding carboxylic acids is 2. The maximum Gasteiger partial charge on any atom is 0.325 e. The summed E-state index contributed by atoms with van der Waals surface area (Å²) in [4.78, 5) is 31.0. The van der Waals surface area contributed by atoms with E-state index in [9.17, 15) is 9.59 Å². The van der Waals surface area contributed by atoms with Crippen LogP contribution in [0.15, 0.2) is 30.5 Å². The summed E-state index contributed by atoms with van der Waals surface area (Å²) in [6.45, 7) is 3.79. The van der Waals surface area contributed by atoms with Gasteiger partial charge >= 0.3 is 6.03 Å². The highest BCUT2D eigenvalue weighted by Gasteiger charge is 2.49. The Kier molecular flexibility index (Phi) is 3.21. The number of amides is 3. The minimum atomic E-state index is -1.11. The number of aromatic nitrogens is 2. The number of hydrogen-bond donors (Lipinski definition) is 1. The predicted molar refractivity (Wildman–Crippen MR) is 77.5 cm³/mol. The minimum Gasteiger partial charge on any atom is -0.318 e. The van der Waals surface area contributed by atoms with E-state index in [2.05, 4.69) is 14.7 Å². The molecule has 1 atom stereocenters. The van der Waals surface area contributed by atoms with Gasteiger partial charge in [0.15, 0.2) is 5.54 Å². The van der Waals surface area contributed by atoms with Crippen LogP contribution in [0.2, 0.25) is 0 Å². The molecule has 7 heteroatoms. The first-order valence-corrected chi connectivity index (χ1v) is 7.26. The van der Waals surface area contributed by atoms with Crippen LogP contribution in [0.4, 0.5) is 4.79 Å². The lowest BCUT2D eigenvalue weighted by molar-refractivity contribution is -0.131. The van der Waals surface area contributed by atoms with Crippen molar-refractivity contribution in [1.29, 1.82) is 0 Å². The van der Waals surface area contributed by atoms with Crippen molar-refractivity contribution in [2.24, 2.45) is 0 Å². The molecule has 108 valence electrons. The molecule has 1 fully saturated rings. The van der Waals surface area contributed by atoms with E-state index in [1.165, 1.54) is 16.4 Å². The molecule has 1 N–H and O–H groups in total. The summed E-state index contributed by atoms with van der Waals surface area (Å²) in [5.41, 5.74) is 0.304. The largest absolute Gasteiger partial charge is 0.325 e. The molecule has 6 nitrogen and oxygen atoms in total. The second-order valence-electron chi connectivity index (χ2n) is 5.10. The molecule has 0 saturated carbocycles. The molecule has 2 aromatic heterocycles. The molecule has 1 saturated heterocycles. The number of hydrogen-bond acceptors (Lipinski definition) is 5. The van der Waals surface area contributed by atoms with Crippen LogP contribution < -0.4 is 5.32 Å². The molecule has 3 rings (SSSR count). The van der Waals surface area contributed by atoms with E-state index in [1.54, 1.807) is 31.3 Å². The quantitative estimate of drug-likeness (QED) is 0.877. The third kappa shape index (κ3) is 2.29. The lowest BCUT2D eigenvalue weighted by atomic mass is 9.97. The highest BCUT2D eigenvalue weighted by molar-refractivity contribution is 7.05. The Labute approximate surface area is 126 Å². The Balaban J connectivity index is 1.88. The zero-order valence-electron chi connectivity index (χ0n) is 11.7. The third-order valence-electron chi connectivity index (χ3n) is 3.44. The first-order chi connectivity index (χ1) is 10.0. The molecule has 21 heavy (non-hydrogen) atoms. The fourth-order valence-electron chi connectivity index (χ4n) is 2.32. The van der Waals surface area contributed by atoms with Crippen LogP contribution >= 0.6 is 11.5 Å². The Morgan fingerprint density at radius 2 is 2.19 bits per heavy atom. The normalized spacial score (nSPS) is 21.7. The highest BCUT2D eigenvalue weighted by Crippen LogP contribution is 2.28. The molecule has 0 bridgehead atoms. The Bertz CT molecular complexity index is 700. The van der Waals surface area contributed by atoms with Crippen molar-refractivity contribution in [1.82, 2.24) is 19.6 Å². The van der Waals surface area contributed by atoms with Crippen LogP contribution in [0, 0.1) is 6.92 Å². The van der Waals surface area contributed by atoms with E-state index in [0.29, 0.717) is 5.69 Å². The van der Waals surface area contributed by atoms with Crippen LogP contribution in [0.25, 0.3) is 0 Å². The van der Waals surface area contributed by atoms with Gasteiger partial charge in [0.2, 0.25) is 0 Å². The number of nitrogens with zero attached hydrogens (tertiary/aromatic N) is 3. The topological polar surface area (TPSA) is 75.2 Å². The van der Waals surface area contributed by atoms with Gasteiger partial charge < -0.3 is 5.32 Å². The van der Waals surface area contributed by atoms with Crippen LogP contribution in [0.1, 0.15) is 23.2 Å². The summed E-state index contributed by atoms with van der Waals surface area (Å²) < 4.78 is 4.16. The van der Waals surface area contributed by atoms with Gasteiger partial charge in [-0.15, -0.1) is 0 Å². The standard InChI is InChI=1S/C14H14N4O2S/c1-9-7-10(21-17-9)8-18-12(19)14(2,16-13(18)20)11-5-3-4-6-15-11/h3-7H,8H2,1-2H3,(H,16,20). The molecule has 0 radical (unpaired) electrons. The zero-order chi connectivity index (χ0) is 15.0. The van der Waals surface area contributed by atoms with Gasteiger partial charge in [-0.3, -0.25) is 14.7 Å². The number of urea groups is 1. The Morgan fingerprint density at radius 3 is 2.81 bits per heavy atom. The summed E-state index contributed by atoms with van der Waals surface area (Å²) in [5, 5.41) is 2.73. The van der Waals surface area contributed by atoms with E-state index < -0.39 is 11.6 Å². The summed E-state index contributed by atoms with van der Waals surface area (Å²) in [5.74, 6) is -0.294. The number of rotatable bonds is 3. The van der Waals surface area contributed by atoms with Gasteiger partial charge in [0.25, 0.3) is 5.91 Å². The molecular formula is C14H14N4O2S. The smallest absolute Gasteiger partial charge is 0.318 e. The van der Waals surface area contributed by atoms with Gasteiger partial charge in [0, 0.05) is 11.1 Å². The van der Waals surface area contributed by atoms with Crippen molar-refractivity contribution < 1.29 is 9.59 Å². The predicted octanol–water partition coefficient (Wildman–Crippen LogP) is 1.81. The van der Waals surface area contributed by atoms with Gasteiger partial charge in [-0.05, 0) is 43.6 Å². The zero-order valence-corrected chi connectivity index (χ0v) is 12.5. The molecule has 0 aliphatic carbocycles. The van der Waals surface area contributed by atoms with Crippen molar-refractivity contribution in [3.63, 3.8) is 0 Å².